The van der Waals surface area contributed by atoms with E-state index >= 15 is 0 Å². The van der Waals surface area contributed by atoms with Gasteiger partial charge >= 0.3 is 6.03 Å². The molecule has 3 N–H and O–H groups in total. The Morgan fingerprint density at radius 2 is 1.95 bits per heavy atom. The van der Waals surface area contributed by atoms with Gasteiger partial charge in [0, 0.05) is 17.9 Å². The number of imide groups is 1. The lowest BCUT2D eigenvalue weighted by molar-refractivity contribution is -0.384. The van der Waals surface area contributed by atoms with Crippen LogP contribution in [0.1, 0.15) is 5.56 Å². The van der Waals surface area contributed by atoms with Gasteiger partial charge in [-0.05, 0) is 5.56 Å². The highest BCUT2D eigenvalue weighted by Gasteiger charge is 2.25. The van der Waals surface area contributed by atoms with Gasteiger partial charge in [-0.2, -0.15) is 0 Å². The van der Waals surface area contributed by atoms with Gasteiger partial charge in [-0.25, -0.2) is 10.2 Å². The largest absolute Gasteiger partial charge is 0.335 e. The summed E-state index contributed by atoms with van der Waals surface area (Å²) in [4.78, 5) is 32.3. The van der Waals surface area contributed by atoms with Crippen LogP contribution in [0.25, 0.3) is 0 Å². The maximum absolute atomic E-state index is 11.4. The van der Waals surface area contributed by atoms with E-state index < -0.39 is 22.2 Å². The van der Waals surface area contributed by atoms with E-state index in [1.807, 2.05) is 0 Å². The van der Waals surface area contributed by atoms with Gasteiger partial charge in [0.25, 0.3) is 11.6 Å². The number of hydrogen-bond donors (Lipinski definition) is 3. The number of hydrazine groups is 1. The summed E-state index contributed by atoms with van der Waals surface area (Å²) in [6, 6.07) is 5.49. The van der Waals surface area contributed by atoms with E-state index in [0.29, 0.717) is 5.75 Å². The van der Waals surface area contributed by atoms with Crippen molar-refractivity contribution in [2.75, 3.05) is 0 Å². The summed E-state index contributed by atoms with van der Waals surface area (Å²) in [7, 11) is 0. The molecule has 8 nitrogen and oxygen atoms in total. The van der Waals surface area contributed by atoms with Crippen molar-refractivity contribution in [1.82, 2.24) is 16.2 Å². The first-order valence-corrected chi connectivity index (χ1v) is 6.32. The summed E-state index contributed by atoms with van der Waals surface area (Å²) in [5.74, 6) is 0.0644. The molecular weight excluding hydrogens is 272 g/mol. The molecule has 100 valence electrons. The fourth-order valence-corrected chi connectivity index (χ4v) is 2.32. The topological polar surface area (TPSA) is 113 Å². The number of nitrogens with one attached hydrogen (secondary N) is 3. The Bertz CT molecular complexity index is 519. The maximum Gasteiger partial charge on any atom is 0.335 e. The minimum absolute atomic E-state index is 0.0227. The summed E-state index contributed by atoms with van der Waals surface area (Å²) in [6.07, 6.45) is 0. The molecule has 1 aromatic rings. The lowest BCUT2D eigenvalue weighted by Gasteiger charge is -2.22. The van der Waals surface area contributed by atoms with Gasteiger partial charge in [-0.3, -0.25) is 25.7 Å². The Hall–Kier alpha value is -2.13. The Morgan fingerprint density at radius 3 is 2.53 bits per heavy atom. The van der Waals surface area contributed by atoms with Crippen molar-refractivity contribution in [2.24, 2.45) is 0 Å². The number of carbonyl (C=O) groups excluding carboxylic acids is 2. The van der Waals surface area contributed by atoms with Crippen molar-refractivity contribution < 1.29 is 14.5 Å². The molecule has 1 saturated heterocycles. The SMILES string of the molecule is O=C1NNC(SCc2ccc([N+](=O)[O-])cc2)C(=O)N1. The minimum atomic E-state index is -0.590. The number of urea groups is 1. The number of non-ortho nitro benzene ring substituents is 1. The smallest absolute Gasteiger partial charge is 0.275 e. The number of thioether (sulfide) groups is 1. The number of nitro benzene ring substituents is 1. The molecule has 1 unspecified atom stereocenters. The van der Waals surface area contributed by atoms with Crippen LogP contribution >= 0.6 is 11.8 Å². The van der Waals surface area contributed by atoms with Crippen LogP contribution in [-0.2, 0) is 10.5 Å². The molecule has 0 aliphatic carbocycles. The number of rotatable bonds is 4. The van der Waals surface area contributed by atoms with Gasteiger partial charge in [0.15, 0.2) is 5.37 Å². The molecule has 1 atom stereocenters. The second kappa shape index (κ2) is 5.67. The van der Waals surface area contributed by atoms with Crippen molar-refractivity contribution in [2.45, 2.75) is 11.1 Å². The van der Waals surface area contributed by atoms with E-state index in [0.717, 1.165) is 5.56 Å². The predicted molar refractivity (Wildman–Crippen MR) is 68.0 cm³/mol. The number of nitrogens with zero attached hydrogens (tertiary/aromatic N) is 1. The number of hydrogen-bond acceptors (Lipinski definition) is 6. The van der Waals surface area contributed by atoms with Crippen LogP contribution in [0.3, 0.4) is 0 Å². The van der Waals surface area contributed by atoms with Gasteiger partial charge in [0.05, 0.1) is 4.92 Å². The van der Waals surface area contributed by atoms with Crippen LogP contribution in [-0.4, -0.2) is 22.2 Å². The summed E-state index contributed by atoms with van der Waals surface area (Å²) in [5.41, 5.74) is 5.73. The van der Waals surface area contributed by atoms with E-state index in [-0.39, 0.29) is 5.69 Å². The van der Waals surface area contributed by atoms with E-state index in [4.69, 9.17) is 0 Å². The molecule has 1 fully saturated rings. The van der Waals surface area contributed by atoms with Gasteiger partial charge in [0.1, 0.15) is 0 Å². The van der Waals surface area contributed by atoms with Crippen LogP contribution in [0.4, 0.5) is 10.5 Å². The normalized spacial score (nSPS) is 18.6. The average Bonchev–Trinajstić information content (AvgIpc) is 2.38. The van der Waals surface area contributed by atoms with Gasteiger partial charge in [0.2, 0.25) is 0 Å². The van der Waals surface area contributed by atoms with Crippen LogP contribution in [0.2, 0.25) is 0 Å². The fourth-order valence-electron chi connectivity index (χ4n) is 1.42. The summed E-state index contributed by atoms with van der Waals surface area (Å²) in [6.45, 7) is 0. The average molecular weight is 282 g/mol. The third-order valence-corrected chi connectivity index (χ3v) is 3.52. The van der Waals surface area contributed by atoms with E-state index in [1.54, 1.807) is 12.1 Å². The predicted octanol–water partition coefficient (Wildman–Crippen LogP) is 0.498. The number of nitro groups is 1. The maximum atomic E-state index is 11.4. The van der Waals surface area contributed by atoms with Crippen molar-refractivity contribution in [3.63, 3.8) is 0 Å². The van der Waals surface area contributed by atoms with Gasteiger partial charge < -0.3 is 0 Å². The molecule has 0 saturated carbocycles. The van der Waals surface area contributed by atoms with Crippen molar-refractivity contribution in [3.8, 4) is 0 Å². The Morgan fingerprint density at radius 1 is 1.26 bits per heavy atom. The standard InChI is InChI=1S/C10H10N4O4S/c15-8-9(12-13-10(16)11-8)19-5-6-1-3-7(4-2-6)14(17)18/h1-4,9,12H,5H2,(H2,11,13,15,16). The third-order valence-electron chi connectivity index (χ3n) is 2.36. The van der Waals surface area contributed by atoms with Crippen molar-refractivity contribution in [1.29, 1.82) is 0 Å². The number of benzene rings is 1. The lowest BCUT2D eigenvalue weighted by atomic mass is 10.2. The number of amides is 3. The molecule has 1 aromatic carbocycles. The highest BCUT2D eigenvalue weighted by Crippen LogP contribution is 2.19. The second-order valence-electron chi connectivity index (χ2n) is 3.70. The Labute approximate surface area is 112 Å². The molecule has 0 aromatic heterocycles. The lowest BCUT2D eigenvalue weighted by Crippen LogP contribution is -2.61. The Balaban J connectivity index is 1.90. The van der Waals surface area contributed by atoms with Crippen LogP contribution in [0, 0.1) is 10.1 Å². The zero-order valence-corrected chi connectivity index (χ0v) is 10.4. The summed E-state index contributed by atoms with van der Waals surface area (Å²) >= 11 is 1.27. The molecule has 1 aliphatic heterocycles. The quantitative estimate of drug-likeness (QED) is 0.547. The first-order valence-electron chi connectivity index (χ1n) is 5.27. The first-order chi connectivity index (χ1) is 9.06. The molecule has 0 radical (unpaired) electrons. The first kappa shape index (κ1) is 13.3. The molecule has 1 heterocycles. The van der Waals surface area contributed by atoms with Crippen LogP contribution < -0.4 is 16.2 Å². The summed E-state index contributed by atoms with van der Waals surface area (Å²) in [5, 5.41) is 12.0. The molecule has 1 aliphatic rings. The molecule has 0 spiro atoms. The highest BCUT2D eigenvalue weighted by molar-refractivity contribution is 7.99. The molecule has 19 heavy (non-hydrogen) atoms. The molecule has 0 bridgehead atoms. The number of carbonyl (C=O) groups is 2. The minimum Gasteiger partial charge on any atom is -0.275 e. The van der Waals surface area contributed by atoms with Gasteiger partial charge in [-0.1, -0.05) is 12.1 Å². The van der Waals surface area contributed by atoms with Crippen LogP contribution in [0.5, 0.6) is 0 Å². The molecule has 2 rings (SSSR count). The molecule has 9 heteroatoms. The zero-order chi connectivity index (χ0) is 13.8. The van der Waals surface area contributed by atoms with E-state index in [9.17, 15) is 19.7 Å². The Kier molecular flexibility index (Phi) is 3.97. The molecular formula is C10H10N4O4S. The van der Waals surface area contributed by atoms with Crippen molar-refractivity contribution >= 4 is 29.4 Å². The second-order valence-corrected chi connectivity index (χ2v) is 4.80. The zero-order valence-electron chi connectivity index (χ0n) is 9.58. The van der Waals surface area contributed by atoms with Gasteiger partial charge in [-0.15, -0.1) is 11.8 Å². The van der Waals surface area contributed by atoms with E-state index in [2.05, 4.69) is 16.2 Å². The highest BCUT2D eigenvalue weighted by atomic mass is 32.2. The monoisotopic (exact) mass is 282 g/mol. The van der Waals surface area contributed by atoms with Crippen LogP contribution in [0.15, 0.2) is 24.3 Å². The summed E-state index contributed by atoms with van der Waals surface area (Å²) < 4.78 is 0. The van der Waals surface area contributed by atoms with Crippen molar-refractivity contribution in [3.05, 3.63) is 39.9 Å². The fraction of sp³-hybridized carbons (Fsp3) is 0.200. The molecule has 3 amide bonds. The van der Waals surface area contributed by atoms with E-state index in [1.165, 1.54) is 23.9 Å². The third kappa shape index (κ3) is 3.42.